The molecule has 0 spiro atoms. The molecule has 1 rings (SSSR count). The van der Waals surface area contributed by atoms with E-state index in [0.29, 0.717) is 12.5 Å². The fourth-order valence-corrected chi connectivity index (χ4v) is 1.82. The van der Waals surface area contributed by atoms with Crippen LogP contribution in [-0.4, -0.2) is 48.0 Å². The first-order chi connectivity index (χ1) is 5.86. The Morgan fingerprint density at radius 3 is 2.25 bits per heavy atom. The molecule has 1 saturated heterocycles. The Balaban J connectivity index is 2.11. The fourth-order valence-electron chi connectivity index (χ4n) is 1.82. The minimum absolute atomic E-state index is 0.269. The van der Waals surface area contributed by atoms with Gasteiger partial charge in [0.15, 0.2) is 0 Å². The molecule has 0 amide bonds. The lowest BCUT2D eigenvalue weighted by Gasteiger charge is -2.30. The van der Waals surface area contributed by atoms with E-state index in [1.54, 1.807) is 0 Å². The molecule has 1 fully saturated rings. The summed E-state index contributed by atoms with van der Waals surface area (Å²) in [7, 11) is 0. The second-order valence-electron chi connectivity index (χ2n) is 3.52. The van der Waals surface area contributed by atoms with Crippen molar-refractivity contribution in [3.8, 4) is 0 Å². The van der Waals surface area contributed by atoms with E-state index >= 15 is 0 Å². The van der Waals surface area contributed by atoms with E-state index in [4.69, 9.17) is 10.2 Å². The van der Waals surface area contributed by atoms with Crippen molar-refractivity contribution in [1.82, 2.24) is 4.90 Å². The Labute approximate surface area is 74.0 Å². The van der Waals surface area contributed by atoms with Gasteiger partial charge in [0.25, 0.3) is 0 Å². The summed E-state index contributed by atoms with van der Waals surface area (Å²) in [5.41, 5.74) is 0. The largest absolute Gasteiger partial charge is 0.396 e. The van der Waals surface area contributed by atoms with E-state index in [9.17, 15) is 0 Å². The monoisotopic (exact) mass is 173 g/mol. The molecule has 0 aromatic rings. The van der Waals surface area contributed by atoms with Crippen LogP contribution in [0, 0.1) is 5.92 Å². The first kappa shape index (κ1) is 9.96. The van der Waals surface area contributed by atoms with Crippen molar-refractivity contribution in [3.05, 3.63) is 0 Å². The molecule has 3 nitrogen and oxygen atoms in total. The van der Waals surface area contributed by atoms with Crippen LogP contribution >= 0.6 is 0 Å². The van der Waals surface area contributed by atoms with Gasteiger partial charge < -0.3 is 15.1 Å². The number of piperidine rings is 1. The van der Waals surface area contributed by atoms with Crippen molar-refractivity contribution in [2.45, 2.75) is 19.3 Å². The van der Waals surface area contributed by atoms with E-state index in [-0.39, 0.29) is 6.61 Å². The summed E-state index contributed by atoms with van der Waals surface area (Å²) in [5, 5.41) is 17.4. The van der Waals surface area contributed by atoms with Crippen molar-refractivity contribution in [1.29, 1.82) is 0 Å². The third kappa shape index (κ3) is 3.09. The minimum atomic E-state index is 0.269. The van der Waals surface area contributed by atoms with Gasteiger partial charge in [0.2, 0.25) is 0 Å². The maximum absolute atomic E-state index is 8.73. The number of hydrogen-bond acceptors (Lipinski definition) is 3. The molecular formula is C9H19NO2. The number of rotatable bonds is 4. The van der Waals surface area contributed by atoms with Gasteiger partial charge in [0, 0.05) is 13.2 Å². The Morgan fingerprint density at radius 2 is 1.75 bits per heavy atom. The summed E-state index contributed by atoms with van der Waals surface area (Å²) in [6.07, 6.45) is 3.31. The normalized spacial score (nSPS) is 21.5. The number of aliphatic hydroxyl groups is 2. The molecule has 1 heterocycles. The SMILES string of the molecule is OCCC1CCN(CCO)CC1. The van der Waals surface area contributed by atoms with Crippen molar-refractivity contribution in [2.75, 3.05) is 32.8 Å². The van der Waals surface area contributed by atoms with Crippen LogP contribution in [0.2, 0.25) is 0 Å². The van der Waals surface area contributed by atoms with E-state index in [2.05, 4.69) is 4.90 Å². The van der Waals surface area contributed by atoms with Gasteiger partial charge in [-0.25, -0.2) is 0 Å². The number of aliphatic hydroxyl groups excluding tert-OH is 2. The van der Waals surface area contributed by atoms with Crippen LogP contribution in [0.4, 0.5) is 0 Å². The van der Waals surface area contributed by atoms with Crippen LogP contribution in [0.1, 0.15) is 19.3 Å². The summed E-state index contributed by atoms with van der Waals surface area (Å²) in [5.74, 6) is 0.713. The molecule has 72 valence electrons. The van der Waals surface area contributed by atoms with Gasteiger partial charge in [-0.3, -0.25) is 0 Å². The second kappa shape index (κ2) is 5.51. The molecule has 0 bridgehead atoms. The molecular weight excluding hydrogens is 154 g/mol. The Kier molecular flexibility index (Phi) is 4.58. The van der Waals surface area contributed by atoms with Crippen LogP contribution in [0.5, 0.6) is 0 Å². The highest BCUT2D eigenvalue weighted by Gasteiger charge is 2.17. The molecule has 0 aromatic carbocycles. The molecule has 1 aliphatic heterocycles. The fraction of sp³-hybridized carbons (Fsp3) is 1.00. The molecule has 0 radical (unpaired) electrons. The molecule has 0 aliphatic carbocycles. The first-order valence-electron chi connectivity index (χ1n) is 4.81. The number of likely N-dealkylation sites (tertiary alicyclic amines) is 1. The Morgan fingerprint density at radius 1 is 1.08 bits per heavy atom. The van der Waals surface area contributed by atoms with Gasteiger partial charge in [0.1, 0.15) is 0 Å². The number of β-amino-alcohol motifs (C(OH)–C–C–N with tert-alkyl or cyclic N) is 1. The zero-order valence-electron chi connectivity index (χ0n) is 7.58. The van der Waals surface area contributed by atoms with E-state index < -0.39 is 0 Å². The van der Waals surface area contributed by atoms with Gasteiger partial charge in [-0.05, 0) is 38.3 Å². The van der Waals surface area contributed by atoms with Gasteiger partial charge >= 0.3 is 0 Å². The number of nitrogens with zero attached hydrogens (tertiary/aromatic N) is 1. The first-order valence-corrected chi connectivity index (χ1v) is 4.81. The maximum Gasteiger partial charge on any atom is 0.0558 e. The summed E-state index contributed by atoms with van der Waals surface area (Å²) in [6.45, 7) is 3.58. The number of hydrogen-bond donors (Lipinski definition) is 2. The molecule has 12 heavy (non-hydrogen) atoms. The Bertz CT molecular complexity index is 97.1. The standard InChI is InChI=1S/C9H19NO2/c11-7-3-9-1-4-10(5-2-9)6-8-12/h9,11-12H,1-8H2. The third-order valence-electron chi connectivity index (χ3n) is 2.66. The smallest absolute Gasteiger partial charge is 0.0558 e. The summed E-state index contributed by atoms with van der Waals surface area (Å²) >= 11 is 0. The molecule has 2 N–H and O–H groups in total. The lowest BCUT2D eigenvalue weighted by atomic mass is 9.94. The zero-order valence-corrected chi connectivity index (χ0v) is 7.58. The van der Waals surface area contributed by atoms with Crippen LogP contribution in [0.3, 0.4) is 0 Å². The van der Waals surface area contributed by atoms with Crippen molar-refractivity contribution >= 4 is 0 Å². The van der Waals surface area contributed by atoms with Crippen LogP contribution in [-0.2, 0) is 0 Å². The predicted molar refractivity (Wildman–Crippen MR) is 48.0 cm³/mol. The van der Waals surface area contributed by atoms with E-state index in [0.717, 1.165) is 26.1 Å². The predicted octanol–water partition coefficient (Wildman–Crippen LogP) is 0.0731. The van der Waals surface area contributed by atoms with Gasteiger partial charge in [-0.15, -0.1) is 0 Å². The average molecular weight is 173 g/mol. The van der Waals surface area contributed by atoms with Gasteiger partial charge in [-0.2, -0.15) is 0 Å². The van der Waals surface area contributed by atoms with Crippen LogP contribution in [0.15, 0.2) is 0 Å². The van der Waals surface area contributed by atoms with E-state index in [1.807, 2.05) is 0 Å². The highest BCUT2D eigenvalue weighted by atomic mass is 16.3. The van der Waals surface area contributed by atoms with Crippen molar-refractivity contribution in [2.24, 2.45) is 5.92 Å². The van der Waals surface area contributed by atoms with Crippen LogP contribution < -0.4 is 0 Å². The molecule has 1 aliphatic rings. The summed E-state index contributed by atoms with van der Waals surface area (Å²) in [6, 6.07) is 0. The summed E-state index contributed by atoms with van der Waals surface area (Å²) in [4.78, 5) is 2.29. The molecule has 0 saturated carbocycles. The molecule has 3 heteroatoms. The summed E-state index contributed by atoms with van der Waals surface area (Å²) < 4.78 is 0. The quantitative estimate of drug-likeness (QED) is 0.632. The topological polar surface area (TPSA) is 43.7 Å². The highest BCUT2D eigenvalue weighted by molar-refractivity contribution is 4.71. The van der Waals surface area contributed by atoms with Gasteiger partial charge in [-0.1, -0.05) is 0 Å². The van der Waals surface area contributed by atoms with E-state index in [1.165, 1.54) is 12.8 Å². The molecule has 0 atom stereocenters. The molecule has 0 aromatic heterocycles. The highest BCUT2D eigenvalue weighted by Crippen LogP contribution is 2.19. The Hall–Kier alpha value is -0.120. The van der Waals surface area contributed by atoms with Gasteiger partial charge in [0.05, 0.1) is 6.61 Å². The molecule has 0 unspecified atom stereocenters. The lowest BCUT2D eigenvalue weighted by molar-refractivity contribution is 0.134. The van der Waals surface area contributed by atoms with Crippen LogP contribution in [0.25, 0.3) is 0 Å². The minimum Gasteiger partial charge on any atom is -0.396 e. The second-order valence-corrected chi connectivity index (χ2v) is 3.52. The zero-order chi connectivity index (χ0) is 8.81. The average Bonchev–Trinajstić information content (AvgIpc) is 2.09. The van der Waals surface area contributed by atoms with Crippen molar-refractivity contribution in [3.63, 3.8) is 0 Å². The lowest BCUT2D eigenvalue weighted by Crippen LogP contribution is -2.35. The van der Waals surface area contributed by atoms with Crippen molar-refractivity contribution < 1.29 is 10.2 Å². The maximum atomic E-state index is 8.73. The third-order valence-corrected chi connectivity index (χ3v) is 2.66.